The number of hydrogen-bond donors (Lipinski definition) is 1. The number of thiophene rings is 1. The summed E-state index contributed by atoms with van der Waals surface area (Å²) in [7, 11) is 0. The van der Waals surface area contributed by atoms with Gasteiger partial charge in [0.2, 0.25) is 0 Å². The average molecular weight is 365 g/mol. The van der Waals surface area contributed by atoms with Crippen molar-refractivity contribution >= 4 is 40.1 Å². The molecule has 0 aliphatic carbocycles. The van der Waals surface area contributed by atoms with Crippen LogP contribution in [0.4, 0.5) is 0 Å². The number of thiazole rings is 1. The van der Waals surface area contributed by atoms with Crippen LogP contribution in [0.1, 0.15) is 32.2 Å². The number of carbonyl (C=O) groups is 1. The Morgan fingerprint density at radius 3 is 2.96 bits per heavy atom. The third kappa shape index (κ3) is 3.82. The predicted octanol–water partition coefficient (Wildman–Crippen LogP) is 3.57. The van der Waals surface area contributed by atoms with Gasteiger partial charge in [0.25, 0.3) is 5.91 Å². The van der Waals surface area contributed by atoms with Gasteiger partial charge in [-0.1, -0.05) is 11.4 Å². The molecule has 0 radical (unpaired) electrons. The standard InChI is InChI=1S/C15H16N4OS3/c1-3-11-14(23-19-18-11)15(20)16-7-6-10-4-5-13(22-10)12-8-21-9(2)17-12/h4-5,8H,3,6-7H2,1-2H3,(H,16,20). The molecule has 3 heterocycles. The summed E-state index contributed by atoms with van der Waals surface area (Å²) in [5.41, 5.74) is 1.81. The number of aryl methyl sites for hydroxylation is 2. The molecule has 0 saturated carbocycles. The summed E-state index contributed by atoms with van der Waals surface area (Å²) < 4.78 is 3.85. The maximum Gasteiger partial charge on any atom is 0.264 e. The molecule has 0 aromatic carbocycles. The highest BCUT2D eigenvalue weighted by atomic mass is 32.1. The van der Waals surface area contributed by atoms with Crippen molar-refractivity contribution in [1.29, 1.82) is 0 Å². The maximum absolute atomic E-state index is 12.1. The fourth-order valence-electron chi connectivity index (χ4n) is 2.12. The van der Waals surface area contributed by atoms with Crippen LogP contribution in [-0.2, 0) is 12.8 Å². The third-order valence-electron chi connectivity index (χ3n) is 3.29. The first-order valence-corrected chi connectivity index (χ1v) is 9.75. The molecule has 23 heavy (non-hydrogen) atoms. The number of amides is 1. The maximum atomic E-state index is 12.1. The van der Waals surface area contributed by atoms with Crippen LogP contribution in [0.3, 0.4) is 0 Å². The highest BCUT2D eigenvalue weighted by molar-refractivity contribution is 7.16. The van der Waals surface area contributed by atoms with Crippen molar-refractivity contribution in [3.05, 3.63) is 38.0 Å². The van der Waals surface area contributed by atoms with Crippen molar-refractivity contribution in [3.8, 4) is 10.6 Å². The van der Waals surface area contributed by atoms with E-state index in [9.17, 15) is 4.79 Å². The van der Waals surface area contributed by atoms with Gasteiger partial charge in [-0.3, -0.25) is 4.79 Å². The zero-order valence-corrected chi connectivity index (χ0v) is 15.3. The summed E-state index contributed by atoms with van der Waals surface area (Å²) in [6, 6.07) is 4.20. The average Bonchev–Trinajstić information content (AvgIpc) is 3.26. The molecule has 1 N–H and O–H groups in total. The van der Waals surface area contributed by atoms with E-state index < -0.39 is 0 Å². The SMILES string of the molecule is CCc1nnsc1C(=O)NCCc1ccc(-c2csc(C)n2)s1. The highest BCUT2D eigenvalue weighted by Crippen LogP contribution is 2.29. The van der Waals surface area contributed by atoms with Crippen LogP contribution in [0.2, 0.25) is 0 Å². The van der Waals surface area contributed by atoms with Gasteiger partial charge in [0.15, 0.2) is 0 Å². The van der Waals surface area contributed by atoms with Gasteiger partial charge in [-0.15, -0.1) is 27.8 Å². The number of hydrogen-bond acceptors (Lipinski definition) is 7. The van der Waals surface area contributed by atoms with E-state index in [-0.39, 0.29) is 5.91 Å². The molecule has 5 nitrogen and oxygen atoms in total. The first-order chi connectivity index (χ1) is 11.2. The summed E-state index contributed by atoms with van der Waals surface area (Å²) in [4.78, 5) is 19.7. The van der Waals surface area contributed by atoms with Crippen LogP contribution in [0.15, 0.2) is 17.5 Å². The number of rotatable bonds is 6. The molecule has 8 heteroatoms. The zero-order chi connectivity index (χ0) is 16.2. The number of nitrogens with zero attached hydrogens (tertiary/aromatic N) is 3. The smallest absolute Gasteiger partial charge is 0.264 e. The molecule has 0 unspecified atom stereocenters. The minimum atomic E-state index is -0.0799. The van der Waals surface area contributed by atoms with Crippen molar-refractivity contribution in [3.63, 3.8) is 0 Å². The van der Waals surface area contributed by atoms with E-state index in [4.69, 9.17) is 0 Å². The molecule has 0 bridgehead atoms. The van der Waals surface area contributed by atoms with Gasteiger partial charge < -0.3 is 5.32 Å². The number of nitrogens with one attached hydrogen (secondary N) is 1. The Labute approximate surface area is 146 Å². The highest BCUT2D eigenvalue weighted by Gasteiger charge is 2.14. The van der Waals surface area contributed by atoms with Crippen LogP contribution in [-0.4, -0.2) is 27.0 Å². The first kappa shape index (κ1) is 16.2. The summed E-state index contributed by atoms with van der Waals surface area (Å²) in [6.07, 6.45) is 1.54. The second-order valence-electron chi connectivity index (χ2n) is 4.93. The molecular formula is C15H16N4OS3. The van der Waals surface area contributed by atoms with Gasteiger partial charge in [0.1, 0.15) is 4.88 Å². The minimum absolute atomic E-state index is 0.0799. The largest absolute Gasteiger partial charge is 0.351 e. The van der Waals surface area contributed by atoms with E-state index in [0.29, 0.717) is 11.4 Å². The first-order valence-electron chi connectivity index (χ1n) is 7.28. The molecule has 3 aromatic heterocycles. The monoisotopic (exact) mass is 364 g/mol. The fraction of sp³-hybridized carbons (Fsp3) is 0.333. The van der Waals surface area contributed by atoms with Crippen molar-refractivity contribution in [2.24, 2.45) is 0 Å². The number of aromatic nitrogens is 3. The second kappa shape index (κ2) is 7.29. The van der Waals surface area contributed by atoms with Crippen molar-refractivity contribution in [2.45, 2.75) is 26.7 Å². The van der Waals surface area contributed by atoms with Crippen LogP contribution < -0.4 is 5.32 Å². The van der Waals surface area contributed by atoms with E-state index in [1.165, 1.54) is 9.75 Å². The van der Waals surface area contributed by atoms with Crippen molar-refractivity contribution in [1.82, 2.24) is 19.9 Å². The fourth-order valence-corrected chi connectivity index (χ4v) is 4.44. The van der Waals surface area contributed by atoms with Crippen LogP contribution in [0.5, 0.6) is 0 Å². The number of carbonyl (C=O) groups excluding carboxylic acids is 1. The van der Waals surface area contributed by atoms with E-state index in [0.717, 1.165) is 40.8 Å². The molecule has 120 valence electrons. The molecule has 0 aliphatic rings. The van der Waals surface area contributed by atoms with E-state index >= 15 is 0 Å². The van der Waals surface area contributed by atoms with Crippen LogP contribution in [0, 0.1) is 6.92 Å². The minimum Gasteiger partial charge on any atom is -0.351 e. The van der Waals surface area contributed by atoms with Crippen LogP contribution >= 0.6 is 34.2 Å². The molecule has 0 atom stereocenters. The van der Waals surface area contributed by atoms with Gasteiger partial charge in [-0.2, -0.15) is 0 Å². The lowest BCUT2D eigenvalue weighted by molar-refractivity contribution is 0.0957. The Balaban J connectivity index is 1.55. The van der Waals surface area contributed by atoms with Gasteiger partial charge in [0, 0.05) is 16.8 Å². The van der Waals surface area contributed by atoms with Crippen molar-refractivity contribution < 1.29 is 4.79 Å². The summed E-state index contributed by atoms with van der Waals surface area (Å²) in [5.74, 6) is -0.0799. The Kier molecular flexibility index (Phi) is 5.14. The second-order valence-corrected chi connectivity index (χ2v) is 7.91. The summed E-state index contributed by atoms with van der Waals surface area (Å²) in [6.45, 7) is 4.59. The van der Waals surface area contributed by atoms with Gasteiger partial charge >= 0.3 is 0 Å². The van der Waals surface area contributed by atoms with E-state index in [1.54, 1.807) is 22.7 Å². The summed E-state index contributed by atoms with van der Waals surface area (Å²) in [5, 5.41) is 10.1. The lowest BCUT2D eigenvalue weighted by Crippen LogP contribution is -2.25. The molecule has 0 fully saturated rings. The van der Waals surface area contributed by atoms with E-state index in [1.807, 2.05) is 13.8 Å². The Hall–Kier alpha value is -1.64. The third-order valence-corrected chi connectivity index (χ3v) is 5.99. The van der Waals surface area contributed by atoms with Gasteiger partial charge in [0.05, 0.1) is 21.3 Å². The Morgan fingerprint density at radius 2 is 2.22 bits per heavy atom. The Morgan fingerprint density at radius 1 is 1.35 bits per heavy atom. The lowest BCUT2D eigenvalue weighted by atomic mass is 10.3. The molecule has 1 amide bonds. The lowest BCUT2D eigenvalue weighted by Gasteiger charge is -2.02. The topological polar surface area (TPSA) is 67.8 Å². The normalized spacial score (nSPS) is 10.9. The molecule has 3 aromatic rings. The zero-order valence-electron chi connectivity index (χ0n) is 12.8. The molecule has 0 spiro atoms. The molecule has 0 saturated heterocycles. The quantitative estimate of drug-likeness (QED) is 0.726. The predicted molar refractivity (Wildman–Crippen MR) is 95.5 cm³/mol. The van der Waals surface area contributed by atoms with Crippen LogP contribution in [0.25, 0.3) is 10.6 Å². The summed E-state index contributed by atoms with van der Waals surface area (Å²) >= 11 is 4.54. The molecule has 3 rings (SSSR count). The Bertz CT molecular complexity index is 805. The molecule has 0 aliphatic heterocycles. The van der Waals surface area contributed by atoms with E-state index in [2.05, 4.69) is 37.4 Å². The van der Waals surface area contributed by atoms with Gasteiger partial charge in [-0.25, -0.2) is 4.98 Å². The van der Waals surface area contributed by atoms with Crippen molar-refractivity contribution in [2.75, 3.05) is 6.54 Å². The van der Waals surface area contributed by atoms with Gasteiger partial charge in [-0.05, 0) is 43.4 Å². The molecular weight excluding hydrogens is 348 g/mol.